The summed E-state index contributed by atoms with van der Waals surface area (Å²) in [5.74, 6) is 0.442. The summed E-state index contributed by atoms with van der Waals surface area (Å²) in [5, 5.41) is 2.09. The number of hydrogen-bond donors (Lipinski definition) is 0. The molecule has 0 saturated heterocycles. The topological polar surface area (TPSA) is 65.0 Å². The predicted octanol–water partition coefficient (Wildman–Crippen LogP) is 15.3. The monoisotopic (exact) mass is 799 g/mol. The SMILES string of the molecule is [2H]c1c([2H])c(-c2cccc(-c3ccccc3)c2)c2c(oc3c([2H])c(-c4nc(-c5cc(-c6ccccc6)cc(-c6ccccc6)c5)nc(-c5cccc6c5oc5ccccc56)n4)c([2H])c([2H])c32)c1[2H]. The highest BCUT2D eigenvalue weighted by Gasteiger charge is 2.20. The third kappa shape index (κ3) is 6.23. The van der Waals surface area contributed by atoms with Crippen molar-refractivity contribution in [2.75, 3.05) is 0 Å². The zero-order valence-electron chi connectivity index (χ0n) is 38.9. The van der Waals surface area contributed by atoms with Crippen LogP contribution in [0.1, 0.15) is 8.22 Å². The summed E-state index contributed by atoms with van der Waals surface area (Å²) in [5.41, 5.74) is 8.68. The lowest BCUT2D eigenvalue weighted by molar-refractivity contribution is 0.668. The second-order valence-electron chi connectivity index (χ2n) is 15.1. The van der Waals surface area contributed by atoms with Gasteiger partial charge in [-0.05, 0) is 99.0 Å². The van der Waals surface area contributed by atoms with E-state index in [9.17, 15) is 5.48 Å². The lowest BCUT2D eigenvalue weighted by Gasteiger charge is -2.12. The molecule has 0 bridgehead atoms. The maximum absolute atomic E-state index is 9.82. The number of para-hydroxylation sites is 2. The van der Waals surface area contributed by atoms with Crippen LogP contribution in [0, 0.1) is 0 Å². The summed E-state index contributed by atoms with van der Waals surface area (Å²) in [6.45, 7) is 0. The summed E-state index contributed by atoms with van der Waals surface area (Å²) in [6, 6.07) is 55.1. The van der Waals surface area contributed by atoms with Crippen LogP contribution in [0.3, 0.4) is 0 Å². The van der Waals surface area contributed by atoms with Gasteiger partial charge in [0.2, 0.25) is 0 Å². The molecule has 0 saturated carbocycles. The first-order valence-corrected chi connectivity index (χ1v) is 20.3. The molecule has 0 N–H and O–H groups in total. The molecule has 5 heteroatoms. The van der Waals surface area contributed by atoms with Crippen molar-refractivity contribution in [2.24, 2.45) is 0 Å². The van der Waals surface area contributed by atoms with Gasteiger partial charge in [-0.15, -0.1) is 0 Å². The van der Waals surface area contributed by atoms with Gasteiger partial charge in [-0.2, -0.15) is 0 Å². The Labute approximate surface area is 365 Å². The van der Waals surface area contributed by atoms with E-state index in [0.717, 1.165) is 44.2 Å². The Morgan fingerprint density at radius 3 is 1.65 bits per heavy atom. The van der Waals surface area contributed by atoms with Gasteiger partial charge in [0.25, 0.3) is 0 Å². The maximum atomic E-state index is 9.82. The highest BCUT2D eigenvalue weighted by molar-refractivity contribution is 6.13. The molecule has 0 radical (unpaired) electrons. The maximum Gasteiger partial charge on any atom is 0.167 e. The molecule has 12 rings (SSSR count). The number of nitrogens with zero attached hydrogens (tertiary/aromatic N) is 3. The van der Waals surface area contributed by atoms with Crippen molar-refractivity contribution in [3.8, 4) is 78.7 Å². The normalized spacial score (nSPS) is 12.9. The minimum atomic E-state index is -0.361. The van der Waals surface area contributed by atoms with Crippen molar-refractivity contribution in [3.05, 3.63) is 212 Å². The third-order valence-electron chi connectivity index (χ3n) is 11.2. The molecule has 0 amide bonds. The zero-order chi connectivity index (χ0) is 46.2. The Morgan fingerprint density at radius 2 is 0.903 bits per heavy atom. The molecule has 290 valence electrons. The van der Waals surface area contributed by atoms with Crippen LogP contribution >= 0.6 is 0 Å². The van der Waals surface area contributed by atoms with E-state index in [4.69, 9.17) is 26.5 Å². The van der Waals surface area contributed by atoms with E-state index in [-0.39, 0.29) is 86.8 Å². The highest BCUT2D eigenvalue weighted by Crippen LogP contribution is 2.41. The molecule has 0 fully saturated rings. The van der Waals surface area contributed by atoms with Crippen molar-refractivity contribution in [1.82, 2.24) is 15.0 Å². The first kappa shape index (κ1) is 29.7. The summed E-state index contributed by atoms with van der Waals surface area (Å²) in [4.78, 5) is 15.2. The number of hydrogen-bond acceptors (Lipinski definition) is 5. The number of fused-ring (bicyclic) bond motifs is 6. The molecule has 0 aliphatic heterocycles. The van der Waals surface area contributed by atoms with Gasteiger partial charge in [0, 0.05) is 32.7 Å². The lowest BCUT2D eigenvalue weighted by atomic mass is 9.95. The molecular weight excluding hydrogens is 759 g/mol. The van der Waals surface area contributed by atoms with Crippen LogP contribution in [-0.4, -0.2) is 15.0 Å². The molecule has 0 atom stereocenters. The van der Waals surface area contributed by atoms with Gasteiger partial charge in [0.15, 0.2) is 17.5 Å². The highest BCUT2D eigenvalue weighted by atomic mass is 16.3. The summed E-state index contributed by atoms with van der Waals surface area (Å²) in [7, 11) is 0. The van der Waals surface area contributed by atoms with Crippen molar-refractivity contribution >= 4 is 43.9 Å². The van der Waals surface area contributed by atoms with Crippen molar-refractivity contribution in [1.29, 1.82) is 0 Å². The molecule has 12 aromatic rings. The number of rotatable bonds is 7. The van der Waals surface area contributed by atoms with Gasteiger partial charge in [-0.3, -0.25) is 0 Å². The third-order valence-corrected chi connectivity index (χ3v) is 11.2. The van der Waals surface area contributed by atoms with Gasteiger partial charge in [-0.1, -0.05) is 158 Å². The van der Waals surface area contributed by atoms with Crippen LogP contribution in [0.25, 0.3) is 123 Å². The Morgan fingerprint density at radius 1 is 0.339 bits per heavy atom. The first-order chi connectivity index (χ1) is 33.2. The van der Waals surface area contributed by atoms with E-state index >= 15 is 0 Å². The van der Waals surface area contributed by atoms with E-state index in [0.29, 0.717) is 27.9 Å². The van der Waals surface area contributed by atoms with E-state index in [1.165, 1.54) is 0 Å². The first-order valence-electron chi connectivity index (χ1n) is 23.3. The molecule has 0 spiro atoms. The summed E-state index contributed by atoms with van der Waals surface area (Å²) < 4.78 is 69.2. The van der Waals surface area contributed by atoms with Crippen molar-refractivity contribution in [3.63, 3.8) is 0 Å². The molecule has 5 nitrogen and oxygen atoms in total. The fourth-order valence-corrected chi connectivity index (χ4v) is 8.27. The number of aromatic nitrogens is 3. The minimum Gasteiger partial charge on any atom is -0.456 e. The van der Waals surface area contributed by atoms with Crippen molar-refractivity contribution in [2.45, 2.75) is 0 Å². The van der Waals surface area contributed by atoms with Crippen LogP contribution < -0.4 is 0 Å². The quantitative estimate of drug-likeness (QED) is 0.161. The molecule has 3 heterocycles. The van der Waals surface area contributed by atoms with Crippen LogP contribution in [0.2, 0.25) is 0 Å². The standard InChI is InChI=1S/C57H35N3O2/c1-4-15-36(16-5-1)39-21-12-22-40(31-39)45-24-14-28-51-53(45)48-30-29-41(35-52(48)61-51)55-58-56(60-57(59-55)49-26-13-25-47-46-23-10-11-27-50(46)62-54(47)49)44-33-42(37-17-6-2-7-18-37)32-43(34-44)38-19-8-3-9-20-38/h1-35H/i14D,24D,28D,29D,30D,35D. The van der Waals surface area contributed by atoms with E-state index in [2.05, 4.69) is 6.07 Å². The van der Waals surface area contributed by atoms with E-state index in [1.807, 2.05) is 170 Å². The number of benzene rings is 9. The minimum absolute atomic E-state index is 0.0420. The van der Waals surface area contributed by atoms with Crippen LogP contribution in [0.5, 0.6) is 0 Å². The van der Waals surface area contributed by atoms with Gasteiger partial charge >= 0.3 is 0 Å². The average molecular weight is 800 g/mol. The van der Waals surface area contributed by atoms with Gasteiger partial charge in [0.1, 0.15) is 22.3 Å². The molecule has 0 aliphatic carbocycles. The van der Waals surface area contributed by atoms with E-state index in [1.54, 1.807) is 0 Å². The fraction of sp³-hybridized carbons (Fsp3) is 0. The number of furan rings is 2. The van der Waals surface area contributed by atoms with Gasteiger partial charge in [-0.25, -0.2) is 15.0 Å². The Hall–Kier alpha value is -8.41. The predicted molar refractivity (Wildman–Crippen MR) is 252 cm³/mol. The second-order valence-corrected chi connectivity index (χ2v) is 15.1. The second kappa shape index (κ2) is 14.7. The summed E-state index contributed by atoms with van der Waals surface area (Å²) >= 11 is 0. The molecule has 62 heavy (non-hydrogen) atoms. The smallest absolute Gasteiger partial charge is 0.167 e. The van der Waals surface area contributed by atoms with Crippen LogP contribution in [0.15, 0.2) is 221 Å². The van der Waals surface area contributed by atoms with Crippen LogP contribution in [0.4, 0.5) is 0 Å². The van der Waals surface area contributed by atoms with Gasteiger partial charge in [0.05, 0.1) is 13.8 Å². The van der Waals surface area contributed by atoms with Crippen LogP contribution in [-0.2, 0) is 0 Å². The Kier molecular flexibility index (Phi) is 7.05. The Bertz CT molecular complexity index is 3930. The molecule has 3 aromatic heterocycles. The zero-order valence-corrected chi connectivity index (χ0v) is 32.9. The van der Waals surface area contributed by atoms with Gasteiger partial charge < -0.3 is 8.83 Å². The largest absolute Gasteiger partial charge is 0.456 e. The average Bonchev–Trinajstić information content (AvgIpc) is 3.98. The van der Waals surface area contributed by atoms with Crippen molar-refractivity contribution < 1.29 is 17.1 Å². The Balaban J connectivity index is 1.13. The molecule has 0 aliphatic rings. The fourth-order valence-electron chi connectivity index (χ4n) is 8.27. The molecular formula is C57H35N3O2. The molecule has 0 unspecified atom stereocenters. The van der Waals surface area contributed by atoms with E-state index < -0.39 is 0 Å². The lowest BCUT2D eigenvalue weighted by Crippen LogP contribution is -2.01. The summed E-state index contributed by atoms with van der Waals surface area (Å²) in [6.07, 6.45) is 0. The molecule has 9 aromatic carbocycles.